The predicted molar refractivity (Wildman–Crippen MR) is 75.5 cm³/mol. The average Bonchev–Trinajstić information content (AvgIpc) is 2.82. The average molecular weight is 246 g/mol. The molecule has 18 heavy (non-hydrogen) atoms. The van der Waals surface area contributed by atoms with Crippen molar-refractivity contribution in [2.75, 3.05) is 6.61 Å². The van der Waals surface area contributed by atoms with Gasteiger partial charge in [-0.05, 0) is 29.4 Å². The van der Waals surface area contributed by atoms with Crippen LogP contribution in [0.15, 0.2) is 30.5 Å². The number of para-hydroxylation sites is 1. The number of hydrogen-bond acceptors (Lipinski definition) is 2. The lowest BCUT2D eigenvalue weighted by Crippen LogP contribution is -2.34. The Bertz CT molecular complexity index is 490. The first-order valence-corrected chi connectivity index (χ1v) is 6.61. The molecule has 0 radical (unpaired) electrons. The monoisotopic (exact) mass is 246 g/mol. The van der Waals surface area contributed by atoms with E-state index in [2.05, 4.69) is 48.4 Å². The molecule has 0 bridgehead atoms. The van der Waals surface area contributed by atoms with E-state index in [1.54, 1.807) is 0 Å². The molecule has 0 amide bonds. The first-order chi connectivity index (χ1) is 8.72. The van der Waals surface area contributed by atoms with E-state index in [-0.39, 0.29) is 6.61 Å². The van der Waals surface area contributed by atoms with E-state index < -0.39 is 0 Å². The third kappa shape index (κ3) is 2.92. The number of aliphatic hydroxyl groups excluding tert-OH is 1. The van der Waals surface area contributed by atoms with Crippen LogP contribution in [0, 0.1) is 5.92 Å². The molecule has 0 spiro atoms. The van der Waals surface area contributed by atoms with Crippen LogP contribution in [0.25, 0.3) is 10.9 Å². The first kappa shape index (κ1) is 13.1. The quantitative estimate of drug-likeness (QED) is 0.734. The highest BCUT2D eigenvalue weighted by atomic mass is 16.3. The molecular formula is C15H22N2O. The van der Waals surface area contributed by atoms with Crippen LogP contribution in [0.2, 0.25) is 0 Å². The zero-order valence-electron chi connectivity index (χ0n) is 11.1. The Labute approximate surface area is 108 Å². The summed E-state index contributed by atoms with van der Waals surface area (Å²) in [6.45, 7) is 5.44. The van der Waals surface area contributed by atoms with E-state index >= 15 is 0 Å². The molecule has 0 fully saturated rings. The van der Waals surface area contributed by atoms with Crippen molar-refractivity contribution in [2.24, 2.45) is 5.92 Å². The molecule has 1 atom stereocenters. The van der Waals surface area contributed by atoms with Gasteiger partial charge in [0.15, 0.2) is 0 Å². The maximum absolute atomic E-state index is 9.08. The van der Waals surface area contributed by atoms with E-state index in [1.165, 1.54) is 16.5 Å². The summed E-state index contributed by atoms with van der Waals surface area (Å²) in [7, 11) is 0. The van der Waals surface area contributed by atoms with Crippen molar-refractivity contribution in [1.82, 2.24) is 10.3 Å². The van der Waals surface area contributed by atoms with Crippen molar-refractivity contribution in [2.45, 2.75) is 32.9 Å². The topological polar surface area (TPSA) is 48.0 Å². The first-order valence-electron chi connectivity index (χ1n) is 6.61. The van der Waals surface area contributed by atoms with Gasteiger partial charge in [-0.3, -0.25) is 0 Å². The van der Waals surface area contributed by atoms with Crippen molar-refractivity contribution in [3.8, 4) is 0 Å². The molecule has 3 nitrogen and oxygen atoms in total. The van der Waals surface area contributed by atoms with Crippen LogP contribution < -0.4 is 5.32 Å². The highest BCUT2D eigenvalue weighted by Crippen LogP contribution is 2.17. The maximum Gasteiger partial charge on any atom is 0.0499 e. The summed E-state index contributed by atoms with van der Waals surface area (Å²) < 4.78 is 0. The smallest absolute Gasteiger partial charge is 0.0499 e. The Morgan fingerprint density at radius 2 is 2.11 bits per heavy atom. The fourth-order valence-electron chi connectivity index (χ4n) is 2.35. The lowest BCUT2D eigenvalue weighted by Gasteiger charge is -2.21. The van der Waals surface area contributed by atoms with Crippen molar-refractivity contribution in [3.63, 3.8) is 0 Å². The summed E-state index contributed by atoms with van der Waals surface area (Å²) in [6.07, 6.45) is 2.78. The van der Waals surface area contributed by atoms with E-state index in [0.29, 0.717) is 12.0 Å². The van der Waals surface area contributed by atoms with Gasteiger partial charge < -0.3 is 15.4 Å². The minimum absolute atomic E-state index is 0.239. The number of aromatic amines is 1. The SMILES string of the molecule is CC(C)C(CCO)NCc1cccc2cc[nH]c12. The van der Waals surface area contributed by atoms with E-state index in [4.69, 9.17) is 5.11 Å². The Morgan fingerprint density at radius 1 is 1.28 bits per heavy atom. The number of benzene rings is 1. The number of aromatic nitrogens is 1. The molecule has 1 unspecified atom stereocenters. The van der Waals surface area contributed by atoms with Crippen LogP contribution in [-0.2, 0) is 6.54 Å². The second-order valence-electron chi connectivity index (χ2n) is 5.10. The second kappa shape index (κ2) is 6.03. The molecule has 1 aromatic heterocycles. The summed E-state index contributed by atoms with van der Waals surface area (Å²) in [5, 5.41) is 13.9. The summed E-state index contributed by atoms with van der Waals surface area (Å²) in [5.41, 5.74) is 2.48. The normalized spacial score (nSPS) is 13.3. The summed E-state index contributed by atoms with van der Waals surface area (Å²) in [5.74, 6) is 0.528. The minimum atomic E-state index is 0.239. The van der Waals surface area contributed by atoms with Gasteiger partial charge in [0.25, 0.3) is 0 Å². The molecule has 1 aromatic carbocycles. The fourth-order valence-corrected chi connectivity index (χ4v) is 2.35. The predicted octanol–water partition coefficient (Wildman–Crippen LogP) is 2.66. The van der Waals surface area contributed by atoms with Gasteiger partial charge >= 0.3 is 0 Å². The molecule has 0 aliphatic heterocycles. The van der Waals surface area contributed by atoms with Gasteiger partial charge in [-0.2, -0.15) is 0 Å². The number of fused-ring (bicyclic) bond motifs is 1. The summed E-state index contributed by atoms with van der Waals surface area (Å²) in [4.78, 5) is 3.28. The standard InChI is InChI=1S/C15H22N2O/c1-11(2)14(7-9-18)17-10-13-5-3-4-12-6-8-16-15(12)13/h3-6,8,11,14,16-18H,7,9-10H2,1-2H3. The third-order valence-electron chi connectivity index (χ3n) is 3.47. The molecular weight excluding hydrogens is 224 g/mol. The highest BCUT2D eigenvalue weighted by molar-refractivity contribution is 5.82. The van der Waals surface area contributed by atoms with Crippen molar-refractivity contribution < 1.29 is 5.11 Å². The number of hydrogen-bond donors (Lipinski definition) is 3. The summed E-state index contributed by atoms with van der Waals surface area (Å²) >= 11 is 0. The maximum atomic E-state index is 9.08. The van der Waals surface area contributed by atoms with Crippen LogP contribution in [0.3, 0.4) is 0 Å². The van der Waals surface area contributed by atoms with Crippen LogP contribution in [0.4, 0.5) is 0 Å². The van der Waals surface area contributed by atoms with Gasteiger partial charge in [-0.25, -0.2) is 0 Å². The zero-order valence-corrected chi connectivity index (χ0v) is 11.1. The molecule has 0 aliphatic rings. The van der Waals surface area contributed by atoms with Gasteiger partial charge in [-0.15, -0.1) is 0 Å². The van der Waals surface area contributed by atoms with Gasteiger partial charge in [0.05, 0.1) is 0 Å². The summed E-state index contributed by atoms with van der Waals surface area (Å²) in [6, 6.07) is 8.79. The van der Waals surface area contributed by atoms with Gasteiger partial charge in [0.2, 0.25) is 0 Å². The molecule has 2 aromatic rings. The van der Waals surface area contributed by atoms with Gasteiger partial charge in [-0.1, -0.05) is 32.0 Å². The molecule has 3 N–H and O–H groups in total. The lowest BCUT2D eigenvalue weighted by molar-refractivity contribution is 0.244. The van der Waals surface area contributed by atoms with E-state index in [0.717, 1.165) is 13.0 Å². The largest absolute Gasteiger partial charge is 0.396 e. The molecule has 0 saturated carbocycles. The molecule has 3 heteroatoms. The Balaban J connectivity index is 2.07. The lowest BCUT2D eigenvalue weighted by atomic mass is 10.0. The highest BCUT2D eigenvalue weighted by Gasteiger charge is 2.12. The van der Waals surface area contributed by atoms with Gasteiger partial charge in [0.1, 0.15) is 0 Å². The number of nitrogens with one attached hydrogen (secondary N) is 2. The van der Waals surface area contributed by atoms with Crippen molar-refractivity contribution >= 4 is 10.9 Å². The number of aliphatic hydroxyl groups is 1. The van der Waals surface area contributed by atoms with Crippen LogP contribution in [0.5, 0.6) is 0 Å². The van der Waals surface area contributed by atoms with Crippen molar-refractivity contribution in [1.29, 1.82) is 0 Å². The van der Waals surface area contributed by atoms with Crippen LogP contribution >= 0.6 is 0 Å². The molecule has 0 saturated heterocycles. The van der Waals surface area contributed by atoms with Gasteiger partial charge in [0, 0.05) is 30.9 Å². The van der Waals surface area contributed by atoms with E-state index in [1.807, 2.05) is 6.20 Å². The van der Waals surface area contributed by atoms with E-state index in [9.17, 15) is 0 Å². The van der Waals surface area contributed by atoms with Crippen molar-refractivity contribution in [3.05, 3.63) is 36.0 Å². The minimum Gasteiger partial charge on any atom is -0.396 e. The molecule has 0 aliphatic carbocycles. The second-order valence-corrected chi connectivity index (χ2v) is 5.10. The number of H-pyrrole nitrogens is 1. The Morgan fingerprint density at radius 3 is 2.83 bits per heavy atom. The third-order valence-corrected chi connectivity index (χ3v) is 3.47. The molecule has 2 rings (SSSR count). The molecule has 1 heterocycles. The number of rotatable bonds is 6. The zero-order chi connectivity index (χ0) is 13.0. The van der Waals surface area contributed by atoms with Crippen LogP contribution in [0.1, 0.15) is 25.8 Å². The fraction of sp³-hybridized carbons (Fsp3) is 0.467. The van der Waals surface area contributed by atoms with Crippen LogP contribution in [-0.4, -0.2) is 22.7 Å². The molecule has 98 valence electrons. The Kier molecular flexibility index (Phi) is 4.39. The Hall–Kier alpha value is -1.32.